The van der Waals surface area contributed by atoms with Crippen molar-refractivity contribution in [1.82, 2.24) is 24.4 Å². The minimum Gasteiger partial charge on any atom is -0.369 e. The van der Waals surface area contributed by atoms with Gasteiger partial charge in [-0.2, -0.15) is 0 Å². The minimum absolute atomic E-state index is 0.928. The topological polar surface area (TPSA) is 49.7 Å². The first-order valence-corrected chi connectivity index (χ1v) is 9.42. The second kappa shape index (κ2) is 5.58. The molecule has 2 aliphatic rings. The lowest BCUT2D eigenvalue weighted by atomic mass is 10.1. The predicted molar refractivity (Wildman–Crippen MR) is 107 cm³/mol. The van der Waals surface area contributed by atoms with E-state index < -0.39 is 0 Å². The van der Waals surface area contributed by atoms with Crippen molar-refractivity contribution in [3.8, 4) is 11.1 Å². The summed E-state index contributed by atoms with van der Waals surface area (Å²) in [5.41, 5.74) is 6.98. The van der Waals surface area contributed by atoms with Crippen LogP contribution in [0, 0.1) is 0 Å². The molecule has 1 aliphatic heterocycles. The molecule has 3 aromatic heterocycles. The molecule has 1 aliphatic carbocycles. The normalized spacial score (nSPS) is 16.3. The van der Waals surface area contributed by atoms with Crippen LogP contribution in [0.1, 0.15) is 5.82 Å². The fraction of sp³-hybridized carbons (Fsp3) is 0.182. The van der Waals surface area contributed by atoms with Crippen molar-refractivity contribution in [2.24, 2.45) is 0 Å². The Hall–Kier alpha value is -3.34. The predicted octanol–water partition coefficient (Wildman–Crippen LogP) is 3.89. The van der Waals surface area contributed by atoms with Gasteiger partial charge in [-0.05, 0) is 42.0 Å². The Morgan fingerprint density at radius 3 is 2.93 bits per heavy atom. The summed E-state index contributed by atoms with van der Waals surface area (Å²) in [4.78, 5) is 15.1. The number of benzene rings is 1. The quantitative estimate of drug-likeness (QED) is 0.595. The van der Waals surface area contributed by atoms with E-state index in [1.165, 1.54) is 28.2 Å². The molecular formula is C22H19N5. The highest BCUT2D eigenvalue weighted by Crippen LogP contribution is 2.31. The van der Waals surface area contributed by atoms with Crippen molar-refractivity contribution in [2.45, 2.75) is 13.0 Å². The molecule has 0 radical (unpaired) electrons. The van der Waals surface area contributed by atoms with Crippen LogP contribution in [0.4, 0.5) is 0 Å². The van der Waals surface area contributed by atoms with Crippen molar-refractivity contribution in [2.75, 3.05) is 13.1 Å². The molecule has 0 atom stereocenters. The molecular weight excluding hydrogens is 334 g/mol. The minimum atomic E-state index is 0.928. The van der Waals surface area contributed by atoms with Gasteiger partial charge in [0.15, 0.2) is 0 Å². The van der Waals surface area contributed by atoms with Crippen LogP contribution in [0.5, 0.6) is 0 Å². The van der Waals surface area contributed by atoms with Crippen LogP contribution in [-0.4, -0.2) is 37.5 Å². The standard InChI is InChI=1S/C22H19N5/c1-3-16(4-1)26-10-8-21-25-19-7-6-15(13-20(19)27(21)12-11-26)18-14-24-22-17(18)5-2-9-23-22/h1-7,9,13-14H,8,10-12H2,(H,23,24). The van der Waals surface area contributed by atoms with E-state index >= 15 is 0 Å². The number of hydrogen-bond acceptors (Lipinski definition) is 3. The van der Waals surface area contributed by atoms with Gasteiger partial charge in [-0.1, -0.05) is 12.1 Å². The van der Waals surface area contributed by atoms with Crippen LogP contribution in [0.2, 0.25) is 0 Å². The molecule has 27 heavy (non-hydrogen) atoms. The molecule has 5 nitrogen and oxygen atoms in total. The van der Waals surface area contributed by atoms with Gasteiger partial charge in [0.2, 0.25) is 0 Å². The summed E-state index contributed by atoms with van der Waals surface area (Å²) in [6, 6.07) is 10.7. The number of fused-ring (bicyclic) bond motifs is 4. The average Bonchev–Trinajstić information content (AvgIpc) is 3.17. The van der Waals surface area contributed by atoms with E-state index in [0.717, 1.165) is 42.6 Å². The second-order valence-electron chi connectivity index (χ2n) is 7.17. The van der Waals surface area contributed by atoms with Gasteiger partial charge in [0, 0.05) is 55.1 Å². The first kappa shape index (κ1) is 14.8. The van der Waals surface area contributed by atoms with E-state index in [-0.39, 0.29) is 0 Å². The van der Waals surface area contributed by atoms with E-state index in [0.29, 0.717) is 0 Å². The lowest BCUT2D eigenvalue weighted by Gasteiger charge is -2.25. The molecule has 132 valence electrons. The third kappa shape index (κ3) is 2.24. The maximum Gasteiger partial charge on any atom is 0.137 e. The number of allylic oxidation sites excluding steroid dienone is 3. The van der Waals surface area contributed by atoms with Crippen molar-refractivity contribution >= 4 is 22.1 Å². The monoisotopic (exact) mass is 353 g/mol. The maximum absolute atomic E-state index is 4.91. The Morgan fingerprint density at radius 1 is 1.07 bits per heavy atom. The zero-order valence-corrected chi connectivity index (χ0v) is 14.9. The molecule has 1 aromatic carbocycles. The van der Waals surface area contributed by atoms with Gasteiger partial charge in [0.05, 0.1) is 11.0 Å². The van der Waals surface area contributed by atoms with Gasteiger partial charge in [0.25, 0.3) is 0 Å². The maximum atomic E-state index is 4.91. The third-order valence-electron chi connectivity index (χ3n) is 5.69. The summed E-state index contributed by atoms with van der Waals surface area (Å²) in [5, 5.41) is 1.15. The molecule has 0 saturated carbocycles. The Labute approximate surface area is 156 Å². The van der Waals surface area contributed by atoms with Gasteiger partial charge in [0.1, 0.15) is 11.5 Å². The van der Waals surface area contributed by atoms with Gasteiger partial charge >= 0.3 is 0 Å². The summed E-state index contributed by atoms with van der Waals surface area (Å²) in [5.74, 6) is 1.19. The van der Waals surface area contributed by atoms with Crippen molar-refractivity contribution < 1.29 is 0 Å². The highest BCUT2D eigenvalue weighted by molar-refractivity contribution is 5.95. The number of imidazole rings is 1. The van der Waals surface area contributed by atoms with Crippen LogP contribution in [0.15, 0.2) is 66.7 Å². The van der Waals surface area contributed by atoms with E-state index in [1.807, 2.05) is 12.3 Å². The molecule has 0 bridgehead atoms. The number of aromatic nitrogens is 4. The van der Waals surface area contributed by atoms with Crippen LogP contribution in [-0.2, 0) is 13.0 Å². The summed E-state index contributed by atoms with van der Waals surface area (Å²) in [7, 11) is 0. The van der Waals surface area contributed by atoms with Crippen molar-refractivity contribution in [3.05, 3.63) is 72.5 Å². The zero-order valence-electron chi connectivity index (χ0n) is 14.9. The molecule has 0 saturated heterocycles. The van der Waals surface area contributed by atoms with Gasteiger partial charge in [-0.25, -0.2) is 9.97 Å². The highest BCUT2D eigenvalue weighted by atomic mass is 15.2. The van der Waals surface area contributed by atoms with E-state index in [4.69, 9.17) is 4.98 Å². The number of H-pyrrole nitrogens is 1. The van der Waals surface area contributed by atoms with Crippen LogP contribution < -0.4 is 0 Å². The second-order valence-corrected chi connectivity index (χ2v) is 7.17. The van der Waals surface area contributed by atoms with Gasteiger partial charge in [-0.15, -0.1) is 0 Å². The van der Waals surface area contributed by atoms with Gasteiger partial charge < -0.3 is 14.5 Å². The summed E-state index contributed by atoms with van der Waals surface area (Å²) < 4.78 is 2.40. The van der Waals surface area contributed by atoms with E-state index in [1.54, 1.807) is 0 Å². The molecule has 4 aromatic rings. The Kier molecular flexibility index (Phi) is 3.06. The van der Waals surface area contributed by atoms with Crippen LogP contribution in [0.3, 0.4) is 0 Å². The number of aromatic amines is 1. The lowest BCUT2D eigenvalue weighted by molar-refractivity contribution is 0.359. The fourth-order valence-electron chi connectivity index (χ4n) is 4.19. The first-order chi connectivity index (χ1) is 13.4. The number of nitrogens with zero attached hydrogens (tertiary/aromatic N) is 4. The van der Waals surface area contributed by atoms with Crippen molar-refractivity contribution in [1.29, 1.82) is 0 Å². The Balaban J connectivity index is 1.43. The summed E-state index contributed by atoms with van der Waals surface area (Å²) in [6.07, 6.45) is 11.3. The molecule has 1 N–H and O–H groups in total. The fourth-order valence-corrected chi connectivity index (χ4v) is 4.19. The van der Waals surface area contributed by atoms with Crippen LogP contribution in [0.25, 0.3) is 33.2 Å². The van der Waals surface area contributed by atoms with Crippen LogP contribution >= 0.6 is 0 Å². The Morgan fingerprint density at radius 2 is 2.04 bits per heavy atom. The zero-order chi connectivity index (χ0) is 17.8. The molecule has 0 amide bonds. The number of hydrogen-bond donors (Lipinski definition) is 1. The number of nitrogens with one attached hydrogen (secondary N) is 1. The smallest absolute Gasteiger partial charge is 0.137 e. The number of pyridine rings is 1. The first-order valence-electron chi connectivity index (χ1n) is 9.42. The average molecular weight is 353 g/mol. The van der Waals surface area contributed by atoms with E-state index in [9.17, 15) is 0 Å². The molecule has 5 heteroatoms. The molecule has 0 fully saturated rings. The molecule has 6 rings (SSSR count). The SMILES string of the molecule is C1=CC(N2CCc3nc4ccc(-c5c[nH]c6ncccc56)cc4n3CC2)=C1. The largest absolute Gasteiger partial charge is 0.369 e. The summed E-state index contributed by atoms with van der Waals surface area (Å²) in [6.45, 7) is 3.02. The Bertz CT molecular complexity index is 1240. The molecule has 0 unspecified atom stereocenters. The molecule has 0 spiro atoms. The third-order valence-corrected chi connectivity index (χ3v) is 5.69. The molecule has 4 heterocycles. The lowest BCUT2D eigenvalue weighted by Crippen LogP contribution is -2.26. The van der Waals surface area contributed by atoms with Crippen molar-refractivity contribution in [3.63, 3.8) is 0 Å². The number of rotatable bonds is 2. The summed E-state index contributed by atoms with van der Waals surface area (Å²) >= 11 is 0. The van der Waals surface area contributed by atoms with E-state index in [2.05, 4.69) is 68.1 Å². The highest BCUT2D eigenvalue weighted by Gasteiger charge is 2.20. The van der Waals surface area contributed by atoms with Gasteiger partial charge in [-0.3, -0.25) is 0 Å².